The normalized spacial score (nSPS) is 15.1. The molecule has 184 valence electrons. The molecule has 1 aromatic heterocycles. The van der Waals surface area contributed by atoms with Gasteiger partial charge in [-0.1, -0.05) is 29.8 Å². The number of ether oxygens (including phenoxy) is 3. The standard InChI is InChI=1S/C27H23ClFN3O3S/c1-33-24-10-6-17(12-20(24)29)22-15-36-27(30-22)32-23(18-7-11-25(34-2)26(13-18)35-3)14-21(31-32)16-4-8-19(28)9-5-16/h4-13,15,23H,14H2,1-3H3/t23-/m0/s1. The molecule has 36 heavy (non-hydrogen) atoms. The van der Waals surface area contributed by atoms with Gasteiger partial charge < -0.3 is 14.2 Å². The van der Waals surface area contributed by atoms with Crippen molar-refractivity contribution >= 4 is 33.8 Å². The number of methoxy groups -OCH3 is 3. The summed E-state index contributed by atoms with van der Waals surface area (Å²) >= 11 is 7.55. The third-order valence-electron chi connectivity index (χ3n) is 6.02. The van der Waals surface area contributed by atoms with Gasteiger partial charge in [0.2, 0.25) is 5.13 Å². The van der Waals surface area contributed by atoms with E-state index in [1.807, 2.05) is 52.9 Å². The fraction of sp³-hybridized carbons (Fsp3) is 0.185. The minimum atomic E-state index is -0.433. The van der Waals surface area contributed by atoms with E-state index in [-0.39, 0.29) is 11.8 Å². The van der Waals surface area contributed by atoms with E-state index in [9.17, 15) is 4.39 Å². The van der Waals surface area contributed by atoms with Gasteiger partial charge in [0, 0.05) is 22.4 Å². The molecular formula is C27H23ClFN3O3S. The molecular weight excluding hydrogens is 501 g/mol. The first-order chi connectivity index (χ1) is 17.5. The van der Waals surface area contributed by atoms with Crippen LogP contribution in [0.1, 0.15) is 23.6 Å². The van der Waals surface area contributed by atoms with Crippen molar-refractivity contribution in [2.24, 2.45) is 5.10 Å². The van der Waals surface area contributed by atoms with Crippen LogP contribution >= 0.6 is 22.9 Å². The summed E-state index contributed by atoms with van der Waals surface area (Å²) in [5.74, 6) is 1.06. The molecule has 0 saturated carbocycles. The average Bonchev–Trinajstić information content (AvgIpc) is 3.56. The topological polar surface area (TPSA) is 56.2 Å². The van der Waals surface area contributed by atoms with Crippen LogP contribution in [0.15, 0.2) is 71.1 Å². The number of nitrogens with zero attached hydrogens (tertiary/aromatic N) is 3. The zero-order chi connectivity index (χ0) is 25.2. The molecule has 0 saturated heterocycles. The Morgan fingerprint density at radius 3 is 2.28 bits per heavy atom. The number of hydrogen-bond acceptors (Lipinski definition) is 7. The van der Waals surface area contributed by atoms with E-state index in [2.05, 4.69) is 0 Å². The van der Waals surface area contributed by atoms with Gasteiger partial charge in [-0.3, -0.25) is 0 Å². The quantitative estimate of drug-likeness (QED) is 0.261. The molecule has 1 aliphatic rings. The third-order valence-corrected chi connectivity index (χ3v) is 7.10. The SMILES string of the molecule is COc1ccc(-c2csc(N3N=C(c4ccc(Cl)cc4)C[C@H]3c3ccc(OC)c(OC)c3)n2)cc1F. The zero-order valence-corrected chi connectivity index (χ0v) is 21.4. The van der Waals surface area contributed by atoms with Crippen molar-refractivity contribution in [3.63, 3.8) is 0 Å². The second-order valence-corrected chi connectivity index (χ2v) is 9.37. The molecule has 9 heteroatoms. The summed E-state index contributed by atoms with van der Waals surface area (Å²) in [5, 5.41) is 10.1. The molecule has 5 rings (SSSR count). The molecule has 0 unspecified atom stereocenters. The van der Waals surface area contributed by atoms with Crippen molar-refractivity contribution in [3.8, 4) is 28.5 Å². The second-order valence-electron chi connectivity index (χ2n) is 8.10. The average molecular weight is 524 g/mol. The number of thiazole rings is 1. The molecule has 0 fully saturated rings. The molecule has 2 heterocycles. The van der Waals surface area contributed by atoms with Gasteiger partial charge in [-0.05, 0) is 53.6 Å². The lowest BCUT2D eigenvalue weighted by Gasteiger charge is -2.22. The highest BCUT2D eigenvalue weighted by Crippen LogP contribution is 2.42. The van der Waals surface area contributed by atoms with Gasteiger partial charge in [0.05, 0.1) is 38.8 Å². The summed E-state index contributed by atoms with van der Waals surface area (Å²) < 4.78 is 30.3. The maximum Gasteiger partial charge on any atom is 0.207 e. The lowest BCUT2D eigenvalue weighted by Crippen LogP contribution is -2.18. The summed E-state index contributed by atoms with van der Waals surface area (Å²) in [6, 6.07) is 18.2. The van der Waals surface area contributed by atoms with Crippen LogP contribution in [0.2, 0.25) is 5.02 Å². The van der Waals surface area contributed by atoms with Gasteiger partial charge in [0.25, 0.3) is 0 Å². The molecule has 4 aromatic rings. The van der Waals surface area contributed by atoms with Gasteiger partial charge in [0.15, 0.2) is 23.1 Å². The van der Waals surface area contributed by atoms with Crippen LogP contribution in [0.5, 0.6) is 17.2 Å². The summed E-state index contributed by atoms with van der Waals surface area (Å²) in [7, 11) is 4.67. The zero-order valence-electron chi connectivity index (χ0n) is 19.9. The number of halogens is 2. The fourth-order valence-corrected chi connectivity index (χ4v) is 5.11. The van der Waals surface area contributed by atoms with Gasteiger partial charge in [-0.25, -0.2) is 14.4 Å². The molecule has 0 bridgehead atoms. The van der Waals surface area contributed by atoms with Crippen LogP contribution in [0.3, 0.4) is 0 Å². The lowest BCUT2D eigenvalue weighted by molar-refractivity contribution is 0.354. The molecule has 6 nitrogen and oxygen atoms in total. The Hall–Kier alpha value is -3.62. The first-order valence-electron chi connectivity index (χ1n) is 11.1. The summed E-state index contributed by atoms with van der Waals surface area (Å²) in [4.78, 5) is 4.81. The molecule has 1 atom stereocenters. The van der Waals surface area contributed by atoms with Crippen molar-refractivity contribution in [1.29, 1.82) is 0 Å². The van der Waals surface area contributed by atoms with Gasteiger partial charge >= 0.3 is 0 Å². The van der Waals surface area contributed by atoms with E-state index in [4.69, 9.17) is 35.9 Å². The molecule has 0 radical (unpaired) electrons. The maximum absolute atomic E-state index is 14.3. The highest BCUT2D eigenvalue weighted by Gasteiger charge is 2.32. The number of hydrogen-bond donors (Lipinski definition) is 0. The van der Waals surface area contributed by atoms with Crippen molar-refractivity contribution in [2.75, 3.05) is 26.3 Å². The smallest absolute Gasteiger partial charge is 0.207 e. The number of aromatic nitrogens is 1. The maximum atomic E-state index is 14.3. The fourth-order valence-electron chi connectivity index (χ4n) is 4.15. The van der Waals surface area contributed by atoms with E-state index in [1.54, 1.807) is 26.4 Å². The van der Waals surface area contributed by atoms with Crippen LogP contribution in [-0.4, -0.2) is 32.0 Å². The number of rotatable bonds is 7. The Bertz CT molecular complexity index is 1420. The Balaban J connectivity index is 1.54. The van der Waals surface area contributed by atoms with Crippen LogP contribution in [0.4, 0.5) is 9.52 Å². The summed E-state index contributed by atoms with van der Waals surface area (Å²) in [5.41, 5.74) is 4.24. The summed E-state index contributed by atoms with van der Waals surface area (Å²) in [6.45, 7) is 0. The van der Waals surface area contributed by atoms with Gasteiger partial charge in [0.1, 0.15) is 0 Å². The minimum absolute atomic E-state index is 0.123. The Morgan fingerprint density at radius 1 is 0.889 bits per heavy atom. The third kappa shape index (κ3) is 4.62. The Labute approximate surface area is 217 Å². The number of benzene rings is 3. The van der Waals surface area contributed by atoms with Crippen molar-refractivity contribution < 1.29 is 18.6 Å². The predicted octanol–water partition coefficient (Wildman–Crippen LogP) is 6.98. The first-order valence-corrected chi connectivity index (χ1v) is 12.4. The Kier molecular flexibility index (Phi) is 6.80. The second kappa shape index (κ2) is 10.2. The number of anilines is 1. The molecule has 0 spiro atoms. The van der Waals surface area contributed by atoms with E-state index >= 15 is 0 Å². The van der Waals surface area contributed by atoms with Crippen molar-refractivity contribution in [1.82, 2.24) is 4.98 Å². The minimum Gasteiger partial charge on any atom is -0.494 e. The van der Waals surface area contributed by atoms with Crippen LogP contribution < -0.4 is 19.2 Å². The van der Waals surface area contributed by atoms with Gasteiger partial charge in [-0.2, -0.15) is 5.10 Å². The molecule has 3 aromatic carbocycles. The van der Waals surface area contributed by atoms with Gasteiger partial charge in [-0.15, -0.1) is 11.3 Å². The highest BCUT2D eigenvalue weighted by atomic mass is 35.5. The highest BCUT2D eigenvalue weighted by molar-refractivity contribution is 7.14. The van der Waals surface area contributed by atoms with E-state index in [0.717, 1.165) is 16.8 Å². The predicted molar refractivity (Wildman–Crippen MR) is 141 cm³/mol. The molecule has 1 aliphatic heterocycles. The molecule has 0 N–H and O–H groups in total. The molecule has 0 aliphatic carbocycles. The van der Waals surface area contributed by atoms with E-state index in [1.165, 1.54) is 24.5 Å². The monoisotopic (exact) mass is 523 g/mol. The summed E-state index contributed by atoms with van der Waals surface area (Å²) in [6.07, 6.45) is 0.656. The van der Waals surface area contributed by atoms with Crippen molar-refractivity contribution in [2.45, 2.75) is 12.5 Å². The van der Waals surface area contributed by atoms with Crippen LogP contribution in [-0.2, 0) is 0 Å². The number of hydrazone groups is 1. The lowest BCUT2D eigenvalue weighted by atomic mass is 9.98. The van der Waals surface area contributed by atoms with E-state index in [0.29, 0.717) is 39.3 Å². The largest absolute Gasteiger partial charge is 0.494 e. The van der Waals surface area contributed by atoms with Crippen LogP contribution in [0, 0.1) is 5.82 Å². The first kappa shape index (κ1) is 24.1. The van der Waals surface area contributed by atoms with E-state index < -0.39 is 5.82 Å². The van der Waals surface area contributed by atoms with Crippen LogP contribution in [0.25, 0.3) is 11.3 Å². The molecule has 0 amide bonds. The van der Waals surface area contributed by atoms with Crippen molar-refractivity contribution in [3.05, 3.63) is 88.0 Å². The Morgan fingerprint density at radius 2 is 1.58 bits per heavy atom.